The van der Waals surface area contributed by atoms with Gasteiger partial charge in [-0.1, -0.05) is 23.8 Å². The van der Waals surface area contributed by atoms with E-state index >= 15 is 0 Å². The van der Waals surface area contributed by atoms with E-state index < -0.39 is 0 Å². The van der Waals surface area contributed by atoms with Crippen molar-refractivity contribution in [1.29, 1.82) is 0 Å². The standard InChI is InChI=1S/C20H24N4O/c1-14-3-2-4-16(11-14)20-23-22-19-10-9-18(12-24(19)20)21-17-7-5-15(13-25)6-8-17/h2-4,9-12,15,17,21,25H,5-8,13H2,1H3/t15-,17-. The van der Waals surface area contributed by atoms with Crippen LogP contribution in [-0.2, 0) is 0 Å². The van der Waals surface area contributed by atoms with E-state index in [0.29, 0.717) is 18.6 Å². The van der Waals surface area contributed by atoms with Gasteiger partial charge >= 0.3 is 0 Å². The van der Waals surface area contributed by atoms with Crippen molar-refractivity contribution >= 4 is 11.3 Å². The van der Waals surface area contributed by atoms with Crippen molar-refractivity contribution in [1.82, 2.24) is 14.6 Å². The number of hydrogen-bond donors (Lipinski definition) is 2. The van der Waals surface area contributed by atoms with Crippen LogP contribution in [0.3, 0.4) is 0 Å². The highest BCUT2D eigenvalue weighted by Crippen LogP contribution is 2.27. The molecular formula is C20H24N4O. The van der Waals surface area contributed by atoms with Crippen LogP contribution >= 0.6 is 0 Å². The molecule has 0 atom stereocenters. The van der Waals surface area contributed by atoms with E-state index in [0.717, 1.165) is 48.4 Å². The van der Waals surface area contributed by atoms with Gasteiger partial charge in [0.15, 0.2) is 11.5 Å². The fourth-order valence-electron chi connectivity index (χ4n) is 3.68. The Balaban J connectivity index is 1.58. The third kappa shape index (κ3) is 3.37. The number of nitrogens with one attached hydrogen (secondary N) is 1. The quantitative estimate of drug-likeness (QED) is 0.763. The Morgan fingerprint density at radius 2 is 1.96 bits per heavy atom. The Kier molecular flexibility index (Phi) is 4.40. The molecule has 1 aliphatic rings. The normalized spacial score (nSPS) is 20.7. The average Bonchev–Trinajstić information content (AvgIpc) is 3.06. The predicted octanol–water partition coefficient (Wildman–Crippen LogP) is 3.67. The number of aliphatic hydroxyl groups excluding tert-OH is 1. The summed E-state index contributed by atoms with van der Waals surface area (Å²) in [6, 6.07) is 12.9. The molecule has 5 nitrogen and oxygen atoms in total. The van der Waals surface area contributed by atoms with Crippen LogP contribution in [0.4, 0.5) is 5.69 Å². The lowest BCUT2D eigenvalue weighted by Crippen LogP contribution is -2.27. The molecule has 1 aromatic carbocycles. The molecule has 0 bridgehead atoms. The largest absolute Gasteiger partial charge is 0.396 e. The highest BCUT2D eigenvalue weighted by Gasteiger charge is 2.20. The fourth-order valence-corrected chi connectivity index (χ4v) is 3.68. The summed E-state index contributed by atoms with van der Waals surface area (Å²) in [5.74, 6) is 1.35. The maximum absolute atomic E-state index is 9.28. The number of pyridine rings is 1. The maximum atomic E-state index is 9.28. The molecule has 0 spiro atoms. The Morgan fingerprint density at radius 3 is 2.72 bits per heavy atom. The summed E-state index contributed by atoms with van der Waals surface area (Å²) in [5, 5.41) is 21.6. The minimum absolute atomic E-state index is 0.319. The third-order valence-electron chi connectivity index (χ3n) is 5.15. The molecule has 5 heteroatoms. The zero-order valence-corrected chi connectivity index (χ0v) is 14.5. The van der Waals surface area contributed by atoms with Gasteiger partial charge in [-0.2, -0.15) is 0 Å². The molecule has 1 saturated carbocycles. The third-order valence-corrected chi connectivity index (χ3v) is 5.15. The SMILES string of the molecule is Cc1cccc(-c2nnc3ccc(N[C@H]4CC[C@H](CO)CC4)cn23)c1. The fraction of sp³-hybridized carbons (Fsp3) is 0.400. The lowest BCUT2D eigenvalue weighted by Gasteiger charge is -2.28. The van der Waals surface area contributed by atoms with Gasteiger partial charge in [0.25, 0.3) is 0 Å². The smallest absolute Gasteiger partial charge is 0.168 e. The molecule has 1 fully saturated rings. The number of aromatic nitrogens is 3. The maximum Gasteiger partial charge on any atom is 0.168 e. The molecule has 0 aliphatic heterocycles. The molecular weight excluding hydrogens is 312 g/mol. The van der Waals surface area contributed by atoms with Gasteiger partial charge in [0.05, 0.1) is 5.69 Å². The first-order chi connectivity index (χ1) is 12.2. The molecule has 2 aromatic heterocycles. The van der Waals surface area contributed by atoms with E-state index in [9.17, 15) is 5.11 Å². The van der Waals surface area contributed by atoms with Crippen LogP contribution in [0.25, 0.3) is 17.0 Å². The van der Waals surface area contributed by atoms with E-state index in [2.05, 4.69) is 57.3 Å². The van der Waals surface area contributed by atoms with Gasteiger partial charge in [-0.3, -0.25) is 4.40 Å². The number of aliphatic hydroxyl groups is 1. The van der Waals surface area contributed by atoms with Crippen molar-refractivity contribution in [3.05, 3.63) is 48.2 Å². The monoisotopic (exact) mass is 336 g/mol. The Morgan fingerprint density at radius 1 is 1.12 bits per heavy atom. The van der Waals surface area contributed by atoms with E-state index in [-0.39, 0.29) is 0 Å². The molecule has 0 saturated heterocycles. The molecule has 2 heterocycles. The highest BCUT2D eigenvalue weighted by molar-refractivity contribution is 5.62. The van der Waals surface area contributed by atoms with Gasteiger partial charge in [0, 0.05) is 24.4 Å². The number of hydrogen-bond acceptors (Lipinski definition) is 4. The summed E-state index contributed by atoms with van der Waals surface area (Å²) < 4.78 is 2.05. The molecule has 130 valence electrons. The molecule has 2 N–H and O–H groups in total. The van der Waals surface area contributed by atoms with E-state index in [1.807, 2.05) is 12.1 Å². The average molecular weight is 336 g/mol. The second-order valence-electron chi connectivity index (χ2n) is 7.08. The highest BCUT2D eigenvalue weighted by atomic mass is 16.3. The van der Waals surface area contributed by atoms with Crippen molar-refractivity contribution in [2.75, 3.05) is 11.9 Å². The number of benzene rings is 1. The Labute approximate surface area is 147 Å². The zero-order chi connectivity index (χ0) is 17.2. The van der Waals surface area contributed by atoms with Gasteiger partial charge in [-0.05, 0) is 56.7 Å². The van der Waals surface area contributed by atoms with E-state index in [1.165, 1.54) is 5.56 Å². The molecule has 0 radical (unpaired) electrons. The number of rotatable bonds is 4. The van der Waals surface area contributed by atoms with Crippen LogP contribution < -0.4 is 5.32 Å². The first-order valence-electron chi connectivity index (χ1n) is 9.02. The zero-order valence-electron chi connectivity index (χ0n) is 14.5. The van der Waals surface area contributed by atoms with Crippen molar-refractivity contribution in [3.63, 3.8) is 0 Å². The number of aryl methyl sites for hydroxylation is 1. The van der Waals surface area contributed by atoms with Gasteiger partial charge in [-0.25, -0.2) is 0 Å². The topological polar surface area (TPSA) is 62.5 Å². The molecule has 0 unspecified atom stereocenters. The lowest BCUT2D eigenvalue weighted by molar-refractivity contribution is 0.186. The summed E-state index contributed by atoms with van der Waals surface area (Å²) in [4.78, 5) is 0. The lowest BCUT2D eigenvalue weighted by atomic mass is 9.86. The van der Waals surface area contributed by atoms with Crippen LogP contribution in [0.1, 0.15) is 31.2 Å². The number of nitrogens with zero attached hydrogens (tertiary/aromatic N) is 3. The summed E-state index contributed by atoms with van der Waals surface area (Å²) >= 11 is 0. The van der Waals surface area contributed by atoms with Crippen LogP contribution in [0.15, 0.2) is 42.6 Å². The predicted molar refractivity (Wildman–Crippen MR) is 99.6 cm³/mol. The Hall–Kier alpha value is -2.40. The minimum atomic E-state index is 0.319. The first kappa shape index (κ1) is 16.1. The number of anilines is 1. The second-order valence-corrected chi connectivity index (χ2v) is 7.08. The van der Waals surface area contributed by atoms with Crippen molar-refractivity contribution < 1.29 is 5.11 Å². The van der Waals surface area contributed by atoms with Crippen LogP contribution in [0.5, 0.6) is 0 Å². The van der Waals surface area contributed by atoms with E-state index in [4.69, 9.17) is 0 Å². The summed E-state index contributed by atoms with van der Waals surface area (Å²) in [6.07, 6.45) is 6.49. The van der Waals surface area contributed by atoms with Gasteiger partial charge in [0.2, 0.25) is 0 Å². The molecule has 4 rings (SSSR count). The van der Waals surface area contributed by atoms with Crippen molar-refractivity contribution in [2.24, 2.45) is 5.92 Å². The molecule has 0 amide bonds. The summed E-state index contributed by atoms with van der Waals surface area (Å²) in [5.41, 5.74) is 4.23. The van der Waals surface area contributed by atoms with Gasteiger partial charge in [0.1, 0.15) is 0 Å². The first-order valence-corrected chi connectivity index (χ1v) is 9.02. The number of fused-ring (bicyclic) bond motifs is 1. The molecule has 25 heavy (non-hydrogen) atoms. The van der Waals surface area contributed by atoms with Crippen LogP contribution in [-0.4, -0.2) is 32.4 Å². The molecule has 3 aromatic rings. The van der Waals surface area contributed by atoms with Gasteiger partial charge in [-0.15, -0.1) is 10.2 Å². The Bertz CT molecular complexity index is 865. The summed E-state index contributed by atoms with van der Waals surface area (Å²) in [6.45, 7) is 2.40. The van der Waals surface area contributed by atoms with Crippen LogP contribution in [0, 0.1) is 12.8 Å². The summed E-state index contributed by atoms with van der Waals surface area (Å²) in [7, 11) is 0. The second kappa shape index (κ2) is 6.84. The van der Waals surface area contributed by atoms with E-state index in [1.54, 1.807) is 0 Å². The van der Waals surface area contributed by atoms with Gasteiger partial charge < -0.3 is 10.4 Å². The molecule has 1 aliphatic carbocycles. The van der Waals surface area contributed by atoms with Crippen LogP contribution in [0.2, 0.25) is 0 Å². The minimum Gasteiger partial charge on any atom is -0.396 e. The van der Waals surface area contributed by atoms with Crippen molar-refractivity contribution in [2.45, 2.75) is 38.6 Å². The van der Waals surface area contributed by atoms with Crippen molar-refractivity contribution in [3.8, 4) is 11.4 Å².